The van der Waals surface area contributed by atoms with E-state index in [1.165, 1.54) is 6.42 Å². The first-order valence-electron chi connectivity index (χ1n) is 6.31. The van der Waals surface area contributed by atoms with Gasteiger partial charge < -0.3 is 16.8 Å². The van der Waals surface area contributed by atoms with Crippen LogP contribution in [0.5, 0.6) is 0 Å². The number of rotatable bonds is 4. The highest BCUT2D eigenvalue weighted by atomic mass is 35.5. The number of nitrogens with zero attached hydrogens (tertiary/aromatic N) is 1. The topological polar surface area (TPSA) is 106 Å². The molecule has 1 fully saturated rings. The number of carbonyl (C=O) groups excluding carboxylic acids is 1. The van der Waals surface area contributed by atoms with Crippen molar-refractivity contribution in [3.05, 3.63) is 17.7 Å². The summed E-state index contributed by atoms with van der Waals surface area (Å²) in [6.07, 6.45) is 4.36. The molecule has 1 aliphatic rings. The zero-order valence-corrected chi connectivity index (χ0v) is 11.3. The Labute approximate surface area is 117 Å². The average Bonchev–Trinajstić information content (AvgIpc) is 2.41. The third kappa shape index (κ3) is 3.27. The molecule has 1 heterocycles. The Hall–Kier alpha value is -1.53. The van der Waals surface area contributed by atoms with Crippen LogP contribution in [0.2, 0.25) is 0 Å². The first-order valence-corrected chi connectivity index (χ1v) is 6.69. The predicted molar refractivity (Wildman–Crippen MR) is 76.1 cm³/mol. The monoisotopic (exact) mass is 283 g/mol. The van der Waals surface area contributed by atoms with E-state index in [2.05, 4.69) is 15.1 Å². The number of halogens is 1. The summed E-state index contributed by atoms with van der Waals surface area (Å²) in [7, 11) is 0. The van der Waals surface area contributed by atoms with Gasteiger partial charge in [0.15, 0.2) is 5.82 Å². The van der Waals surface area contributed by atoms with E-state index in [0.717, 1.165) is 19.3 Å². The average molecular weight is 284 g/mol. The molecule has 6 N–H and O–H groups in total. The summed E-state index contributed by atoms with van der Waals surface area (Å²) in [5, 5.41) is 3.28. The molecule has 0 unspecified atom stereocenters. The van der Waals surface area contributed by atoms with Crippen molar-refractivity contribution < 1.29 is 4.79 Å². The first-order chi connectivity index (χ1) is 9.11. The molecule has 2 atom stereocenters. The van der Waals surface area contributed by atoms with Gasteiger partial charge >= 0.3 is 0 Å². The minimum atomic E-state index is -0.573. The summed E-state index contributed by atoms with van der Waals surface area (Å²) in [6.45, 7) is 0. The van der Waals surface area contributed by atoms with E-state index in [1.807, 2.05) is 0 Å². The molecular weight excluding hydrogens is 266 g/mol. The van der Waals surface area contributed by atoms with Crippen molar-refractivity contribution in [1.29, 1.82) is 0 Å². The summed E-state index contributed by atoms with van der Waals surface area (Å²) in [5.41, 5.74) is 11.6. The molecule has 0 aromatic carbocycles. The predicted octanol–water partition coefficient (Wildman–Crippen LogP) is 1.43. The molecule has 0 aliphatic heterocycles. The highest BCUT2D eigenvalue weighted by Crippen LogP contribution is 2.22. The lowest BCUT2D eigenvalue weighted by Gasteiger charge is -2.29. The van der Waals surface area contributed by atoms with Gasteiger partial charge in [-0.15, -0.1) is 0 Å². The van der Waals surface area contributed by atoms with Crippen molar-refractivity contribution >= 4 is 29.3 Å². The molecule has 1 aromatic rings. The van der Waals surface area contributed by atoms with E-state index in [1.54, 1.807) is 12.1 Å². The Kier molecular flexibility index (Phi) is 4.44. The van der Waals surface area contributed by atoms with Crippen LogP contribution < -0.4 is 21.6 Å². The molecule has 1 aliphatic carbocycles. The molecule has 104 valence electrons. The van der Waals surface area contributed by atoms with Gasteiger partial charge in [0.1, 0.15) is 5.82 Å². The van der Waals surface area contributed by atoms with Gasteiger partial charge in [-0.2, -0.15) is 0 Å². The molecule has 1 saturated carbocycles. The summed E-state index contributed by atoms with van der Waals surface area (Å²) >= 11 is 5.55. The number of pyridine rings is 1. The first kappa shape index (κ1) is 13.9. The number of carbonyl (C=O) groups is 1. The molecule has 19 heavy (non-hydrogen) atoms. The van der Waals surface area contributed by atoms with Crippen molar-refractivity contribution in [3.8, 4) is 0 Å². The van der Waals surface area contributed by atoms with Gasteiger partial charge in [0.25, 0.3) is 5.91 Å². The van der Waals surface area contributed by atoms with E-state index >= 15 is 0 Å². The molecule has 6 nitrogen and oxygen atoms in total. The number of aromatic nitrogens is 1. The van der Waals surface area contributed by atoms with E-state index in [4.69, 9.17) is 23.2 Å². The van der Waals surface area contributed by atoms with Gasteiger partial charge in [0, 0.05) is 23.9 Å². The second-order valence-electron chi connectivity index (χ2n) is 4.75. The number of hydrogen-bond donors (Lipinski definition) is 4. The largest absolute Gasteiger partial charge is 0.366 e. The van der Waals surface area contributed by atoms with Crippen LogP contribution in [0.4, 0.5) is 11.6 Å². The molecule has 0 saturated heterocycles. The molecule has 0 radical (unpaired) electrons. The Morgan fingerprint density at radius 1 is 1.37 bits per heavy atom. The lowest BCUT2D eigenvalue weighted by Crippen LogP contribution is -2.42. The number of amides is 1. The quantitative estimate of drug-likeness (QED) is 0.626. The van der Waals surface area contributed by atoms with Gasteiger partial charge in [0.2, 0.25) is 0 Å². The maximum atomic E-state index is 11.2. The standard InChI is InChI=1S/C12H18ClN5O/c13-18-12-7(11(15)19)5-6-10(17-12)16-9-4-2-1-3-8(9)14/h5-6,8-9H,1-4,14H2,(H2,15,19)(H2,16,17,18)/t8-,9+/m0/s1. The zero-order chi connectivity index (χ0) is 13.8. The minimum Gasteiger partial charge on any atom is -0.366 e. The van der Waals surface area contributed by atoms with Crippen molar-refractivity contribution in [2.24, 2.45) is 11.5 Å². The van der Waals surface area contributed by atoms with Crippen molar-refractivity contribution in [1.82, 2.24) is 4.98 Å². The highest BCUT2D eigenvalue weighted by molar-refractivity contribution is 6.24. The zero-order valence-electron chi connectivity index (χ0n) is 10.5. The second kappa shape index (κ2) is 6.08. The number of hydrogen-bond acceptors (Lipinski definition) is 5. The lowest BCUT2D eigenvalue weighted by atomic mass is 9.91. The molecular formula is C12H18ClN5O. The normalized spacial score (nSPS) is 22.8. The summed E-state index contributed by atoms with van der Waals surface area (Å²) in [4.78, 5) is 17.8. The Bertz CT molecular complexity index is 467. The number of nitrogens with two attached hydrogens (primary N) is 2. The van der Waals surface area contributed by atoms with Gasteiger partial charge in [-0.05, 0) is 25.0 Å². The van der Waals surface area contributed by atoms with E-state index < -0.39 is 5.91 Å². The Morgan fingerprint density at radius 2 is 2.11 bits per heavy atom. The lowest BCUT2D eigenvalue weighted by molar-refractivity contribution is 0.100. The Morgan fingerprint density at radius 3 is 2.74 bits per heavy atom. The Balaban J connectivity index is 2.14. The summed E-state index contributed by atoms with van der Waals surface area (Å²) in [5.74, 6) is 0.315. The van der Waals surface area contributed by atoms with Crippen LogP contribution in [-0.2, 0) is 0 Å². The van der Waals surface area contributed by atoms with Gasteiger partial charge in [0.05, 0.1) is 5.56 Å². The van der Waals surface area contributed by atoms with Crippen molar-refractivity contribution in [2.75, 3.05) is 10.2 Å². The number of primary amides is 1. The fraction of sp³-hybridized carbons (Fsp3) is 0.500. The third-order valence-corrected chi connectivity index (χ3v) is 3.58. The SMILES string of the molecule is NC(=O)c1ccc(N[C@@H]2CCCC[C@@H]2N)nc1NCl. The molecule has 1 amide bonds. The molecule has 0 bridgehead atoms. The van der Waals surface area contributed by atoms with Gasteiger partial charge in [-0.3, -0.25) is 9.63 Å². The van der Waals surface area contributed by atoms with E-state index in [9.17, 15) is 4.79 Å². The van der Waals surface area contributed by atoms with Crippen LogP contribution in [0.1, 0.15) is 36.0 Å². The van der Waals surface area contributed by atoms with Crippen LogP contribution >= 0.6 is 11.8 Å². The van der Waals surface area contributed by atoms with Gasteiger partial charge in [-0.1, -0.05) is 12.8 Å². The fourth-order valence-corrected chi connectivity index (χ4v) is 2.48. The van der Waals surface area contributed by atoms with Crippen LogP contribution in [0.25, 0.3) is 0 Å². The smallest absolute Gasteiger partial charge is 0.252 e. The molecule has 0 spiro atoms. The van der Waals surface area contributed by atoms with Crippen molar-refractivity contribution in [3.63, 3.8) is 0 Å². The summed E-state index contributed by atoms with van der Waals surface area (Å²) in [6, 6.07) is 3.62. The van der Waals surface area contributed by atoms with Crippen LogP contribution in [0.15, 0.2) is 12.1 Å². The third-order valence-electron chi connectivity index (χ3n) is 3.40. The second-order valence-corrected chi connectivity index (χ2v) is 4.94. The minimum absolute atomic E-state index is 0.124. The molecule has 7 heteroatoms. The molecule has 1 aromatic heterocycles. The van der Waals surface area contributed by atoms with Gasteiger partial charge in [-0.25, -0.2) is 4.98 Å². The van der Waals surface area contributed by atoms with E-state index in [0.29, 0.717) is 5.82 Å². The number of nitrogens with one attached hydrogen (secondary N) is 2. The van der Waals surface area contributed by atoms with Crippen LogP contribution in [-0.4, -0.2) is 23.0 Å². The van der Waals surface area contributed by atoms with E-state index in [-0.39, 0.29) is 23.5 Å². The highest BCUT2D eigenvalue weighted by Gasteiger charge is 2.22. The molecule has 2 rings (SSSR count). The summed E-state index contributed by atoms with van der Waals surface area (Å²) < 4.78 is 0. The maximum Gasteiger partial charge on any atom is 0.252 e. The van der Waals surface area contributed by atoms with Crippen molar-refractivity contribution in [2.45, 2.75) is 37.8 Å². The fourth-order valence-electron chi connectivity index (χ4n) is 2.34. The number of anilines is 2. The maximum absolute atomic E-state index is 11.2. The van der Waals surface area contributed by atoms with Crippen LogP contribution in [0, 0.1) is 0 Å². The van der Waals surface area contributed by atoms with Crippen LogP contribution in [0.3, 0.4) is 0 Å².